The van der Waals surface area contributed by atoms with Crippen molar-refractivity contribution in [3.8, 4) is 0 Å². The van der Waals surface area contributed by atoms with Crippen LogP contribution in [0, 0.1) is 0 Å². The number of hydrogen-bond acceptors (Lipinski definition) is 4. The molecule has 2 rings (SSSR count). The van der Waals surface area contributed by atoms with Gasteiger partial charge in [-0.25, -0.2) is 4.79 Å². The van der Waals surface area contributed by atoms with E-state index in [1.165, 1.54) is 0 Å². The molecule has 12 heavy (non-hydrogen) atoms. The van der Waals surface area contributed by atoms with Gasteiger partial charge in [-0.1, -0.05) is 0 Å². The summed E-state index contributed by atoms with van der Waals surface area (Å²) < 4.78 is 4.70. The summed E-state index contributed by atoms with van der Waals surface area (Å²) in [7, 11) is 0. The third-order valence-corrected chi connectivity index (χ3v) is 1.61. The number of amides is 1. The first-order valence-electron chi connectivity index (χ1n) is 3.55. The molecule has 0 spiro atoms. The van der Waals surface area contributed by atoms with E-state index < -0.39 is 6.09 Å². The lowest BCUT2D eigenvalue weighted by atomic mass is 10.2. The Morgan fingerprint density at radius 2 is 2.50 bits per heavy atom. The number of cyclic esters (lactones) is 1. The molecule has 5 heteroatoms. The average molecular weight is 165 g/mol. The van der Waals surface area contributed by atoms with Gasteiger partial charge in [-0.2, -0.15) is 0 Å². The van der Waals surface area contributed by atoms with E-state index in [0.29, 0.717) is 6.61 Å². The Balaban J connectivity index is 2.16. The fourth-order valence-electron chi connectivity index (χ4n) is 1.03. The molecule has 1 aromatic rings. The minimum Gasteiger partial charge on any atom is -0.447 e. The summed E-state index contributed by atoms with van der Waals surface area (Å²) in [6.45, 7) is 0.331. The third-order valence-electron chi connectivity index (χ3n) is 1.61. The second-order valence-corrected chi connectivity index (χ2v) is 2.43. The van der Waals surface area contributed by atoms with Gasteiger partial charge in [0.05, 0.1) is 11.9 Å². The molecule has 0 aromatic carbocycles. The van der Waals surface area contributed by atoms with Crippen molar-refractivity contribution in [1.29, 1.82) is 0 Å². The molecule has 1 atom stereocenters. The number of alkyl carbamates (subject to hydrolysis) is 1. The second-order valence-electron chi connectivity index (χ2n) is 2.43. The highest BCUT2D eigenvalue weighted by Gasteiger charge is 2.24. The highest BCUT2D eigenvalue weighted by molar-refractivity contribution is 5.69. The molecular formula is C7H7N3O2. The highest BCUT2D eigenvalue weighted by Crippen LogP contribution is 2.13. The Morgan fingerprint density at radius 3 is 3.08 bits per heavy atom. The van der Waals surface area contributed by atoms with Crippen molar-refractivity contribution in [1.82, 2.24) is 15.3 Å². The zero-order valence-corrected chi connectivity index (χ0v) is 6.23. The van der Waals surface area contributed by atoms with E-state index in [1.807, 2.05) is 0 Å². The Labute approximate surface area is 68.8 Å². The Hall–Kier alpha value is -1.65. The smallest absolute Gasteiger partial charge is 0.407 e. The third kappa shape index (κ3) is 1.20. The molecule has 0 radical (unpaired) electrons. The van der Waals surface area contributed by atoms with E-state index in [0.717, 1.165) is 5.69 Å². The number of nitrogens with one attached hydrogen (secondary N) is 1. The molecule has 1 aromatic heterocycles. The molecule has 1 N–H and O–H groups in total. The zero-order valence-electron chi connectivity index (χ0n) is 6.23. The summed E-state index contributed by atoms with van der Waals surface area (Å²) in [6, 6.07) is -0.147. The molecule has 1 fully saturated rings. The average Bonchev–Trinajstić information content (AvgIpc) is 2.54. The van der Waals surface area contributed by atoms with Crippen LogP contribution < -0.4 is 5.32 Å². The standard InChI is InChI=1S/C7H7N3O2/c11-7-10-6(4-12-7)5-3-8-1-2-9-5/h1-3,6H,4H2,(H,10,11). The van der Waals surface area contributed by atoms with Crippen LogP contribution in [-0.2, 0) is 4.74 Å². The van der Waals surface area contributed by atoms with Crippen molar-refractivity contribution >= 4 is 6.09 Å². The number of nitrogens with zero attached hydrogens (tertiary/aromatic N) is 2. The predicted octanol–water partition coefficient (Wildman–Crippen LogP) is 0.258. The molecule has 1 amide bonds. The van der Waals surface area contributed by atoms with Crippen LogP contribution in [0.5, 0.6) is 0 Å². The van der Waals surface area contributed by atoms with Crippen LogP contribution in [0.15, 0.2) is 18.6 Å². The van der Waals surface area contributed by atoms with Gasteiger partial charge >= 0.3 is 6.09 Å². The first kappa shape index (κ1) is 7.02. The van der Waals surface area contributed by atoms with Crippen molar-refractivity contribution in [3.63, 3.8) is 0 Å². The monoisotopic (exact) mass is 165 g/mol. The molecule has 2 heterocycles. The van der Waals surface area contributed by atoms with Gasteiger partial charge in [0.1, 0.15) is 12.6 Å². The lowest BCUT2D eigenvalue weighted by Crippen LogP contribution is -2.19. The highest BCUT2D eigenvalue weighted by atomic mass is 16.6. The Morgan fingerprint density at radius 1 is 1.58 bits per heavy atom. The van der Waals surface area contributed by atoms with Crippen LogP contribution in [-0.4, -0.2) is 22.7 Å². The molecular weight excluding hydrogens is 158 g/mol. The quantitative estimate of drug-likeness (QED) is 0.648. The number of hydrogen-bond donors (Lipinski definition) is 1. The van der Waals surface area contributed by atoms with Crippen LogP contribution in [0.25, 0.3) is 0 Å². The summed E-state index contributed by atoms with van der Waals surface area (Å²) in [5.41, 5.74) is 0.725. The predicted molar refractivity (Wildman–Crippen MR) is 39.3 cm³/mol. The van der Waals surface area contributed by atoms with Crippen LogP contribution in [0.3, 0.4) is 0 Å². The van der Waals surface area contributed by atoms with Crippen LogP contribution in [0.1, 0.15) is 11.7 Å². The summed E-state index contributed by atoms with van der Waals surface area (Å²) in [4.78, 5) is 18.6. The summed E-state index contributed by atoms with van der Waals surface area (Å²) in [5.74, 6) is 0. The maximum Gasteiger partial charge on any atom is 0.407 e. The fraction of sp³-hybridized carbons (Fsp3) is 0.286. The van der Waals surface area contributed by atoms with Gasteiger partial charge in [-0.15, -0.1) is 0 Å². The van der Waals surface area contributed by atoms with E-state index in [-0.39, 0.29) is 6.04 Å². The van der Waals surface area contributed by atoms with Crippen molar-refractivity contribution in [2.45, 2.75) is 6.04 Å². The number of ether oxygens (including phenoxy) is 1. The molecule has 1 unspecified atom stereocenters. The van der Waals surface area contributed by atoms with Gasteiger partial charge in [-0.3, -0.25) is 9.97 Å². The number of carbonyl (C=O) groups excluding carboxylic acids is 1. The van der Waals surface area contributed by atoms with Gasteiger partial charge in [-0.05, 0) is 0 Å². The fourth-order valence-corrected chi connectivity index (χ4v) is 1.03. The van der Waals surface area contributed by atoms with E-state index in [2.05, 4.69) is 15.3 Å². The molecule has 0 bridgehead atoms. The van der Waals surface area contributed by atoms with Crippen molar-refractivity contribution in [2.24, 2.45) is 0 Å². The van der Waals surface area contributed by atoms with E-state index in [4.69, 9.17) is 4.74 Å². The van der Waals surface area contributed by atoms with Crippen molar-refractivity contribution < 1.29 is 9.53 Å². The Kier molecular flexibility index (Phi) is 1.62. The maximum atomic E-state index is 10.6. The lowest BCUT2D eigenvalue weighted by molar-refractivity contribution is 0.177. The number of carbonyl (C=O) groups is 1. The molecule has 1 aliphatic rings. The minimum absolute atomic E-state index is 0.147. The molecule has 1 saturated heterocycles. The Bertz CT molecular complexity index is 288. The van der Waals surface area contributed by atoms with Crippen LogP contribution in [0.2, 0.25) is 0 Å². The van der Waals surface area contributed by atoms with E-state index in [1.54, 1.807) is 18.6 Å². The van der Waals surface area contributed by atoms with Crippen LogP contribution in [0.4, 0.5) is 4.79 Å². The molecule has 62 valence electrons. The van der Waals surface area contributed by atoms with Crippen molar-refractivity contribution in [3.05, 3.63) is 24.3 Å². The van der Waals surface area contributed by atoms with Gasteiger partial charge in [0, 0.05) is 12.4 Å². The SMILES string of the molecule is O=C1NC(c2cnccn2)CO1. The molecule has 5 nitrogen and oxygen atoms in total. The lowest BCUT2D eigenvalue weighted by Gasteiger charge is -2.03. The van der Waals surface area contributed by atoms with E-state index in [9.17, 15) is 4.79 Å². The summed E-state index contributed by atoms with van der Waals surface area (Å²) >= 11 is 0. The first-order valence-corrected chi connectivity index (χ1v) is 3.55. The second kappa shape index (κ2) is 2.77. The van der Waals surface area contributed by atoms with Gasteiger partial charge in [0.2, 0.25) is 0 Å². The minimum atomic E-state index is -0.398. The maximum absolute atomic E-state index is 10.6. The summed E-state index contributed by atoms with van der Waals surface area (Å²) in [5, 5.41) is 2.61. The molecule has 0 aliphatic carbocycles. The summed E-state index contributed by atoms with van der Waals surface area (Å²) in [6.07, 6.45) is 4.38. The van der Waals surface area contributed by atoms with Gasteiger partial charge in [0.25, 0.3) is 0 Å². The van der Waals surface area contributed by atoms with Crippen LogP contribution >= 0.6 is 0 Å². The number of rotatable bonds is 1. The molecule has 1 aliphatic heterocycles. The molecule has 0 saturated carbocycles. The zero-order chi connectivity index (χ0) is 8.39. The first-order chi connectivity index (χ1) is 5.86. The normalized spacial score (nSPS) is 21.7. The van der Waals surface area contributed by atoms with Gasteiger partial charge < -0.3 is 10.1 Å². The number of aromatic nitrogens is 2. The topological polar surface area (TPSA) is 64.1 Å². The van der Waals surface area contributed by atoms with Crippen molar-refractivity contribution in [2.75, 3.05) is 6.61 Å². The largest absolute Gasteiger partial charge is 0.447 e. The van der Waals surface area contributed by atoms with E-state index >= 15 is 0 Å². The van der Waals surface area contributed by atoms with Gasteiger partial charge in [0.15, 0.2) is 0 Å².